The Morgan fingerprint density at radius 3 is 2.94 bits per heavy atom. The Labute approximate surface area is 123 Å². The lowest BCUT2D eigenvalue weighted by Crippen LogP contribution is -2.42. The van der Waals surface area contributed by atoms with Crippen molar-refractivity contribution in [3.8, 4) is 0 Å². The number of benzene rings is 1. The molecule has 0 spiro atoms. The highest BCUT2D eigenvalue weighted by atomic mass is 79.9. The molecule has 1 aliphatic rings. The normalized spacial score (nSPS) is 20.3. The van der Waals surface area contributed by atoms with Gasteiger partial charge in [0, 0.05) is 23.6 Å². The molecule has 0 bridgehead atoms. The summed E-state index contributed by atoms with van der Waals surface area (Å²) >= 11 is 9.47. The fraction of sp³-hybridized carbons (Fsp3) is 0.571. The first-order valence-electron chi connectivity index (χ1n) is 6.51. The fourth-order valence-electron chi connectivity index (χ4n) is 2.47. The van der Waals surface area contributed by atoms with Gasteiger partial charge < -0.3 is 10.2 Å². The summed E-state index contributed by atoms with van der Waals surface area (Å²) in [6.45, 7) is 3.25. The zero-order valence-electron chi connectivity index (χ0n) is 10.8. The highest BCUT2D eigenvalue weighted by Gasteiger charge is 2.14. The van der Waals surface area contributed by atoms with E-state index in [1.165, 1.54) is 31.4 Å². The van der Waals surface area contributed by atoms with E-state index in [2.05, 4.69) is 45.3 Å². The van der Waals surface area contributed by atoms with E-state index >= 15 is 0 Å². The number of hydrogen-bond acceptors (Lipinski definition) is 2. The summed E-state index contributed by atoms with van der Waals surface area (Å²) in [5, 5.41) is 4.36. The van der Waals surface area contributed by atoms with Gasteiger partial charge in [0.2, 0.25) is 0 Å². The molecule has 0 amide bonds. The standard InChI is InChI=1S/C14H20BrClN2/c1-18(10-12-4-2-3-7-17-12)9-11-5-6-14(16)13(15)8-11/h5-6,8,12,17H,2-4,7,9-10H2,1H3. The second kappa shape index (κ2) is 6.90. The monoisotopic (exact) mass is 330 g/mol. The minimum Gasteiger partial charge on any atom is -0.313 e. The fourth-order valence-corrected chi connectivity index (χ4v) is 3.01. The van der Waals surface area contributed by atoms with E-state index in [1.807, 2.05) is 6.07 Å². The van der Waals surface area contributed by atoms with Crippen LogP contribution in [-0.4, -0.2) is 31.1 Å². The molecule has 4 heteroatoms. The second-order valence-corrected chi connectivity index (χ2v) is 6.35. The van der Waals surface area contributed by atoms with Crippen LogP contribution >= 0.6 is 27.5 Å². The summed E-state index contributed by atoms with van der Waals surface area (Å²) in [6.07, 6.45) is 3.98. The SMILES string of the molecule is CN(Cc1ccc(Cl)c(Br)c1)CC1CCCCN1. The molecule has 0 aromatic heterocycles. The van der Waals surface area contributed by atoms with Gasteiger partial charge in [0.05, 0.1) is 5.02 Å². The number of hydrogen-bond donors (Lipinski definition) is 1. The number of rotatable bonds is 4. The quantitative estimate of drug-likeness (QED) is 0.905. The van der Waals surface area contributed by atoms with Crippen LogP contribution in [0.5, 0.6) is 0 Å². The van der Waals surface area contributed by atoms with Crippen molar-refractivity contribution in [1.82, 2.24) is 10.2 Å². The highest BCUT2D eigenvalue weighted by Crippen LogP contribution is 2.23. The van der Waals surface area contributed by atoms with Gasteiger partial charge in [0.15, 0.2) is 0 Å². The van der Waals surface area contributed by atoms with Crippen LogP contribution in [-0.2, 0) is 6.54 Å². The number of nitrogens with zero attached hydrogens (tertiary/aromatic N) is 1. The highest BCUT2D eigenvalue weighted by molar-refractivity contribution is 9.10. The summed E-state index contributed by atoms with van der Waals surface area (Å²) in [5.41, 5.74) is 1.30. The van der Waals surface area contributed by atoms with Gasteiger partial charge in [-0.1, -0.05) is 24.1 Å². The lowest BCUT2D eigenvalue weighted by molar-refractivity contribution is 0.256. The van der Waals surface area contributed by atoms with Gasteiger partial charge in [-0.15, -0.1) is 0 Å². The molecule has 1 fully saturated rings. The van der Waals surface area contributed by atoms with E-state index in [-0.39, 0.29) is 0 Å². The van der Waals surface area contributed by atoms with Crippen molar-refractivity contribution in [3.63, 3.8) is 0 Å². The van der Waals surface area contributed by atoms with Crippen LogP contribution in [0.4, 0.5) is 0 Å². The van der Waals surface area contributed by atoms with E-state index in [0.29, 0.717) is 6.04 Å². The van der Waals surface area contributed by atoms with Crippen LogP contribution in [0, 0.1) is 0 Å². The molecule has 2 rings (SSSR count). The van der Waals surface area contributed by atoms with Crippen LogP contribution in [0.15, 0.2) is 22.7 Å². The molecule has 1 atom stereocenters. The number of halogens is 2. The minimum atomic E-state index is 0.652. The average Bonchev–Trinajstić information content (AvgIpc) is 2.35. The molecule has 0 aliphatic carbocycles. The molecule has 1 heterocycles. The van der Waals surface area contributed by atoms with Crippen LogP contribution in [0.3, 0.4) is 0 Å². The van der Waals surface area contributed by atoms with Gasteiger partial charge in [0.1, 0.15) is 0 Å². The molecule has 2 nitrogen and oxygen atoms in total. The van der Waals surface area contributed by atoms with Gasteiger partial charge in [0.25, 0.3) is 0 Å². The van der Waals surface area contributed by atoms with E-state index in [4.69, 9.17) is 11.6 Å². The van der Waals surface area contributed by atoms with Crippen molar-refractivity contribution in [2.45, 2.75) is 31.8 Å². The van der Waals surface area contributed by atoms with Crippen molar-refractivity contribution in [3.05, 3.63) is 33.3 Å². The maximum atomic E-state index is 6.00. The van der Waals surface area contributed by atoms with Crippen molar-refractivity contribution in [1.29, 1.82) is 0 Å². The molecular formula is C14H20BrClN2. The van der Waals surface area contributed by atoms with Crippen molar-refractivity contribution < 1.29 is 0 Å². The van der Waals surface area contributed by atoms with E-state index in [1.54, 1.807) is 0 Å². The Morgan fingerprint density at radius 1 is 1.44 bits per heavy atom. The van der Waals surface area contributed by atoms with E-state index < -0.39 is 0 Å². The molecule has 18 heavy (non-hydrogen) atoms. The Kier molecular flexibility index (Phi) is 5.49. The van der Waals surface area contributed by atoms with Gasteiger partial charge in [-0.3, -0.25) is 0 Å². The summed E-state index contributed by atoms with van der Waals surface area (Å²) in [6, 6.07) is 6.80. The molecular weight excluding hydrogens is 312 g/mol. The topological polar surface area (TPSA) is 15.3 Å². The summed E-state index contributed by atoms with van der Waals surface area (Å²) < 4.78 is 0.978. The largest absolute Gasteiger partial charge is 0.313 e. The summed E-state index contributed by atoms with van der Waals surface area (Å²) in [4.78, 5) is 2.37. The zero-order chi connectivity index (χ0) is 13.0. The van der Waals surface area contributed by atoms with Crippen LogP contribution in [0.1, 0.15) is 24.8 Å². The predicted octanol–water partition coefficient (Wildman–Crippen LogP) is 3.68. The number of likely N-dealkylation sites (N-methyl/N-ethyl adjacent to an activating group) is 1. The molecule has 100 valence electrons. The van der Waals surface area contributed by atoms with Crippen LogP contribution in [0.25, 0.3) is 0 Å². The maximum Gasteiger partial charge on any atom is 0.0548 e. The smallest absolute Gasteiger partial charge is 0.0548 e. The molecule has 1 aromatic carbocycles. The van der Waals surface area contributed by atoms with Gasteiger partial charge >= 0.3 is 0 Å². The maximum absolute atomic E-state index is 6.00. The first-order valence-corrected chi connectivity index (χ1v) is 7.68. The van der Waals surface area contributed by atoms with Crippen molar-refractivity contribution in [2.75, 3.05) is 20.1 Å². The average molecular weight is 332 g/mol. The first-order chi connectivity index (χ1) is 8.65. The van der Waals surface area contributed by atoms with Crippen LogP contribution in [0.2, 0.25) is 5.02 Å². The molecule has 0 radical (unpaired) electrons. The van der Waals surface area contributed by atoms with Crippen LogP contribution < -0.4 is 5.32 Å². The first kappa shape index (κ1) is 14.3. The lowest BCUT2D eigenvalue weighted by atomic mass is 10.0. The third-order valence-corrected chi connectivity index (χ3v) is 4.59. The molecule has 0 saturated carbocycles. The molecule has 1 unspecified atom stereocenters. The lowest BCUT2D eigenvalue weighted by Gasteiger charge is -2.28. The van der Waals surface area contributed by atoms with E-state index in [0.717, 1.165) is 22.6 Å². The number of nitrogens with one attached hydrogen (secondary N) is 1. The van der Waals surface area contributed by atoms with E-state index in [9.17, 15) is 0 Å². The molecule has 1 aliphatic heterocycles. The van der Waals surface area contributed by atoms with Gasteiger partial charge in [-0.05, 0) is 60.1 Å². The summed E-state index contributed by atoms with van der Waals surface area (Å²) in [5.74, 6) is 0. The summed E-state index contributed by atoms with van der Waals surface area (Å²) in [7, 11) is 2.18. The second-order valence-electron chi connectivity index (χ2n) is 5.09. The van der Waals surface area contributed by atoms with Gasteiger partial charge in [-0.2, -0.15) is 0 Å². The molecule has 1 saturated heterocycles. The molecule has 1 N–H and O–H groups in total. The van der Waals surface area contributed by atoms with Crippen molar-refractivity contribution >= 4 is 27.5 Å². The third-order valence-electron chi connectivity index (χ3n) is 3.38. The predicted molar refractivity (Wildman–Crippen MR) is 81.1 cm³/mol. The Balaban J connectivity index is 1.85. The Morgan fingerprint density at radius 2 is 2.28 bits per heavy atom. The Hall–Kier alpha value is -0.0900. The van der Waals surface area contributed by atoms with Crippen molar-refractivity contribution in [2.24, 2.45) is 0 Å². The Bertz CT molecular complexity index is 391. The van der Waals surface area contributed by atoms with Gasteiger partial charge in [-0.25, -0.2) is 0 Å². The zero-order valence-corrected chi connectivity index (χ0v) is 13.1. The third kappa shape index (κ3) is 4.23. The minimum absolute atomic E-state index is 0.652. The number of piperidine rings is 1. The molecule has 1 aromatic rings.